The number of unbranched alkanes of at least 4 members (excludes halogenated alkanes) is 3. The summed E-state index contributed by atoms with van der Waals surface area (Å²) in [5.74, 6) is 0.841. The van der Waals surface area contributed by atoms with Gasteiger partial charge in [0.15, 0.2) is 0 Å². The fourth-order valence-corrected chi connectivity index (χ4v) is 2.43. The zero-order valence-corrected chi connectivity index (χ0v) is 13.7. The van der Waals surface area contributed by atoms with E-state index in [-0.39, 0.29) is 30.5 Å². The van der Waals surface area contributed by atoms with Gasteiger partial charge in [-0.1, -0.05) is 39.5 Å². The third-order valence-electron chi connectivity index (χ3n) is 3.67. The molecule has 1 amide bonds. The summed E-state index contributed by atoms with van der Waals surface area (Å²) in [6, 6.07) is 0. The van der Waals surface area contributed by atoms with Gasteiger partial charge in [0.2, 0.25) is 5.91 Å². The average molecular weight is 307 g/mol. The number of nitrogens with two attached hydrogens (primary N) is 1. The molecule has 1 saturated heterocycles. The molecule has 1 aliphatic heterocycles. The zero-order chi connectivity index (χ0) is 14.1. The first-order valence-electron chi connectivity index (χ1n) is 7.76. The highest BCUT2D eigenvalue weighted by molar-refractivity contribution is 5.85. The number of halogens is 1. The summed E-state index contributed by atoms with van der Waals surface area (Å²) < 4.78 is 5.56. The fraction of sp³-hybridized carbons (Fsp3) is 0.933. The number of hydrogen-bond donors (Lipinski definition) is 2. The smallest absolute Gasteiger partial charge is 0.249 e. The van der Waals surface area contributed by atoms with Crippen molar-refractivity contribution < 1.29 is 9.53 Å². The Hall–Kier alpha value is -0.320. The minimum atomic E-state index is -0.269. The Bertz CT molecular complexity index is 262. The number of ether oxygens (including phenoxy) is 1. The summed E-state index contributed by atoms with van der Waals surface area (Å²) >= 11 is 0. The predicted molar refractivity (Wildman–Crippen MR) is 85.1 cm³/mol. The van der Waals surface area contributed by atoms with Gasteiger partial charge in [-0.15, -0.1) is 12.4 Å². The van der Waals surface area contributed by atoms with Gasteiger partial charge >= 0.3 is 0 Å². The van der Waals surface area contributed by atoms with Crippen LogP contribution in [-0.2, 0) is 9.53 Å². The molecular weight excluding hydrogens is 276 g/mol. The summed E-state index contributed by atoms with van der Waals surface area (Å²) in [6.07, 6.45) is 7.66. The van der Waals surface area contributed by atoms with Crippen LogP contribution < -0.4 is 11.1 Å². The average Bonchev–Trinajstić information content (AvgIpc) is 2.85. The van der Waals surface area contributed by atoms with Crippen molar-refractivity contribution in [2.45, 2.75) is 71.0 Å². The van der Waals surface area contributed by atoms with Crippen molar-refractivity contribution >= 4 is 18.3 Å². The van der Waals surface area contributed by atoms with Crippen molar-refractivity contribution in [1.29, 1.82) is 0 Å². The van der Waals surface area contributed by atoms with Gasteiger partial charge in [-0.3, -0.25) is 4.79 Å². The van der Waals surface area contributed by atoms with Crippen molar-refractivity contribution in [3.05, 3.63) is 0 Å². The molecule has 0 bridgehead atoms. The summed E-state index contributed by atoms with van der Waals surface area (Å²) in [5, 5.41) is 2.96. The van der Waals surface area contributed by atoms with Crippen LogP contribution in [0.1, 0.15) is 58.8 Å². The third-order valence-corrected chi connectivity index (χ3v) is 3.67. The van der Waals surface area contributed by atoms with Crippen molar-refractivity contribution in [3.63, 3.8) is 0 Å². The molecule has 5 heteroatoms. The van der Waals surface area contributed by atoms with Gasteiger partial charge in [-0.2, -0.15) is 0 Å². The molecular formula is C15H31ClN2O2. The lowest BCUT2D eigenvalue weighted by molar-refractivity contribution is -0.131. The van der Waals surface area contributed by atoms with Crippen LogP contribution in [-0.4, -0.2) is 31.2 Å². The van der Waals surface area contributed by atoms with Crippen LogP contribution >= 0.6 is 12.4 Å². The first-order valence-corrected chi connectivity index (χ1v) is 7.76. The fourth-order valence-electron chi connectivity index (χ4n) is 2.43. The molecule has 0 spiro atoms. The summed E-state index contributed by atoms with van der Waals surface area (Å²) in [6.45, 7) is 5.81. The van der Waals surface area contributed by atoms with Gasteiger partial charge in [0.05, 0.1) is 6.10 Å². The van der Waals surface area contributed by atoms with Crippen LogP contribution in [0.2, 0.25) is 0 Å². The first-order chi connectivity index (χ1) is 9.13. The van der Waals surface area contributed by atoms with E-state index in [1.54, 1.807) is 0 Å². The molecule has 20 heavy (non-hydrogen) atoms. The molecule has 0 saturated carbocycles. The molecule has 0 aromatic carbocycles. The van der Waals surface area contributed by atoms with Crippen molar-refractivity contribution in [2.24, 2.45) is 11.7 Å². The Balaban J connectivity index is 0.00000361. The van der Waals surface area contributed by atoms with E-state index >= 15 is 0 Å². The van der Waals surface area contributed by atoms with Gasteiger partial charge in [0.1, 0.15) is 6.10 Å². The zero-order valence-electron chi connectivity index (χ0n) is 12.9. The third kappa shape index (κ3) is 8.08. The van der Waals surface area contributed by atoms with Crippen LogP contribution in [0.5, 0.6) is 0 Å². The van der Waals surface area contributed by atoms with Gasteiger partial charge < -0.3 is 15.8 Å². The van der Waals surface area contributed by atoms with Crippen LogP contribution in [0.4, 0.5) is 0 Å². The van der Waals surface area contributed by atoms with Gasteiger partial charge in [0, 0.05) is 13.1 Å². The van der Waals surface area contributed by atoms with E-state index in [1.165, 1.54) is 25.7 Å². The van der Waals surface area contributed by atoms with E-state index in [1.807, 2.05) is 0 Å². The Kier molecular flexibility index (Phi) is 11.2. The number of amides is 1. The Morgan fingerprint density at radius 1 is 1.25 bits per heavy atom. The molecule has 3 N–H and O–H groups in total. The van der Waals surface area contributed by atoms with Crippen LogP contribution in [0.15, 0.2) is 0 Å². The van der Waals surface area contributed by atoms with Gasteiger partial charge in [-0.25, -0.2) is 0 Å². The Labute approximate surface area is 129 Å². The van der Waals surface area contributed by atoms with E-state index in [0.29, 0.717) is 6.54 Å². The lowest BCUT2D eigenvalue weighted by Crippen LogP contribution is -2.36. The van der Waals surface area contributed by atoms with E-state index < -0.39 is 0 Å². The lowest BCUT2D eigenvalue weighted by Gasteiger charge is -2.12. The largest absolute Gasteiger partial charge is 0.364 e. The Morgan fingerprint density at radius 3 is 2.55 bits per heavy atom. The second-order valence-corrected chi connectivity index (χ2v) is 5.95. The highest BCUT2D eigenvalue weighted by atomic mass is 35.5. The highest BCUT2D eigenvalue weighted by Gasteiger charge is 2.29. The minimum absolute atomic E-state index is 0. The van der Waals surface area contributed by atoms with E-state index in [0.717, 1.165) is 31.7 Å². The van der Waals surface area contributed by atoms with Gasteiger partial charge in [0.25, 0.3) is 0 Å². The second-order valence-electron chi connectivity index (χ2n) is 5.95. The van der Waals surface area contributed by atoms with E-state index in [2.05, 4.69) is 19.2 Å². The maximum absolute atomic E-state index is 11.8. The van der Waals surface area contributed by atoms with E-state index in [4.69, 9.17) is 10.5 Å². The number of nitrogens with one attached hydrogen (secondary N) is 1. The topological polar surface area (TPSA) is 64.4 Å². The maximum Gasteiger partial charge on any atom is 0.249 e. The molecule has 1 rings (SSSR count). The molecule has 0 aromatic heterocycles. The molecule has 0 radical (unpaired) electrons. The number of hydrogen-bond acceptors (Lipinski definition) is 3. The molecule has 0 unspecified atom stereocenters. The minimum Gasteiger partial charge on any atom is -0.364 e. The molecule has 2 atom stereocenters. The monoisotopic (exact) mass is 306 g/mol. The van der Waals surface area contributed by atoms with Crippen LogP contribution in [0.3, 0.4) is 0 Å². The summed E-state index contributed by atoms with van der Waals surface area (Å²) in [4.78, 5) is 11.8. The lowest BCUT2D eigenvalue weighted by atomic mass is 10.0. The molecule has 1 heterocycles. The number of carbonyl (C=O) groups excluding carboxylic acids is 1. The molecule has 0 aliphatic carbocycles. The van der Waals surface area contributed by atoms with Gasteiger partial charge in [-0.05, 0) is 25.2 Å². The number of carbonyl (C=O) groups is 1. The predicted octanol–water partition coefficient (Wildman–Crippen LogP) is 2.64. The molecule has 1 aliphatic rings. The van der Waals surface area contributed by atoms with Crippen molar-refractivity contribution in [1.82, 2.24) is 5.32 Å². The standard InChI is InChI=1S/C15H30N2O2.ClH/c1-12(2)7-5-3-4-6-10-17-15(18)14-9-8-13(11-16)19-14;/h12-14H,3-11,16H2,1-2H3,(H,17,18);1H/t13-,14+;/m1./s1. The first kappa shape index (κ1) is 19.7. The SMILES string of the molecule is CC(C)CCCCCCNC(=O)[C@@H]1CC[C@H](CN)O1.Cl. The highest BCUT2D eigenvalue weighted by Crippen LogP contribution is 2.18. The van der Waals surface area contributed by atoms with Crippen molar-refractivity contribution in [2.75, 3.05) is 13.1 Å². The van der Waals surface area contributed by atoms with E-state index in [9.17, 15) is 4.79 Å². The molecule has 120 valence electrons. The maximum atomic E-state index is 11.8. The second kappa shape index (κ2) is 11.4. The van der Waals surface area contributed by atoms with Crippen molar-refractivity contribution in [3.8, 4) is 0 Å². The normalized spacial score (nSPS) is 21.8. The Morgan fingerprint density at radius 2 is 1.95 bits per heavy atom. The summed E-state index contributed by atoms with van der Waals surface area (Å²) in [5.41, 5.74) is 5.53. The van der Waals surface area contributed by atoms with Crippen LogP contribution in [0.25, 0.3) is 0 Å². The molecule has 4 nitrogen and oxygen atoms in total. The summed E-state index contributed by atoms with van der Waals surface area (Å²) in [7, 11) is 0. The molecule has 0 aromatic rings. The quantitative estimate of drug-likeness (QED) is 0.644. The van der Waals surface area contributed by atoms with Crippen LogP contribution in [0, 0.1) is 5.92 Å². The molecule has 1 fully saturated rings. The number of rotatable bonds is 9.